The van der Waals surface area contributed by atoms with Gasteiger partial charge in [0, 0.05) is 17.3 Å². The van der Waals surface area contributed by atoms with E-state index < -0.39 is 12.2 Å². The Morgan fingerprint density at radius 3 is 2.77 bits per heavy atom. The zero-order chi connectivity index (χ0) is 24.3. The average molecular weight is 472 g/mol. The number of anilines is 1. The van der Waals surface area contributed by atoms with Gasteiger partial charge in [-0.3, -0.25) is 4.98 Å². The monoisotopic (exact) mass is 471 g/mol. The van der Waals surface area contributed by atoms with Gasteiger partial charge in [0.2, 0.25) is 0 Å². The summed E-state index contributed by atoms with van der Waals surface area (Å²) in [6.45, 7) is 4.60. The molecule has 2 aliphatic carbocycles. The highest BCUT2D eigenvalue weighted by atomic mass is 16.3. The van der Waals surface area contributed by atoms with Crippen LogP contribution in [0.5, 0.6) is 0 Å². The Morgan fingerprint density at radius 2 is 1.94 bits per heavy atom. The largest absolute Gasteiger partial charge is 0.390 e. The predicted octanol–water partition coefficient (Wildman–Crippen LogP) is 3.85. The molecule has 6 rings (SSSR count). The number of nitrogens with zero attached hydrogens (tertiary/aromatic N) is 4. The van der Waals surface area contributed by atoms with Crippen molar-refractivity contribution in [3.63, 3.8) is 0 Å². The van der Waals surface area contributed by atoms with Crippen LogP contribution in [-0.2, 0) is 19.3 Å². The summed E-state index contributed by atoms with van der Waals surface area (Å²) < 4.78 is 1.94. The molecule has 7 heteroatoms. The molecular weight excluding hydrogens is 438 g/mol. The molecule has 4 N–H and O–H groups in total. The molecule has 35 heavy (non-hydrogen) atoms. The maximum absolute atomic E-state index is 10.9. The highest BCUT2D eigenvalue weighted by Gasteiger charge is 2.42. The van der Waals surface area contributed by atoms with Crippen LogP contribution >= 0.6 is 0 Å². The topological polar surface area (TPSA) is 110 Å². The number of hydrogen-bond donors (Lipinski definition) is 3. The number of rotatable bonds is 5. The summed E-state index contributed by atoms with van der Waals surface area (Å²) in [6.07, 6.45) is 6.25. The smallest absolute Gasteiger partial charge is 0.145 e. The second-order valence-corrected chi connectivity index (χ2v) is 10.8. The molecule has 0 aliphatic heterocycles. The van der Waals surface area contributed by atoms with E-state index in [1.807, 2.05) is 16.8 Å². The first kappa shape index (κ1) is 22.4. The molecule has 0 unspecified atom stereocenters. The number of aliphatic hydroxyl groups excluding tert-OH is 2. The summed E-state index contributed by atoms with van der Waals surface area (Å²) in [6, 6.07) is 10.5. The third-order valence-corrected chi connectivity index (χ3v) is 8.40. The van der Waals surface area contributed by atoms with Crippen molar-refractivity contribution in [2.75, 3.05) is 5.73 Å². The minimum Gasteiger partial charge on any atom is -0.390 e. The van der Waals surface area contributed by atoms with E-state index in [0.717, 1.165) is 36.6 Å². The van der Waals surface area contributed by atoms with Crippen molar-refractivity contribution in [3.05, 3.63) is 59.7 Å². The summed E-state index contributed by atoms with van der Waals surface area (Å²) in [5.41, 5.74) is 11.6. The van der Waals surface area contributed by atoms with Crippen molar-refractivity contribution >= 4 is 27.8 Å². The van der Waals surface area contributed by atoms with Gasteiger partial charge < -0.3 is 20.5 Å². The second-order valence-electron chi connectivity index (χ2n) is 10.8. The van der Waals surface area contributed by atoms with E-state index in [2.05, 4.69) is 48.1 Å². The van der Waals surface area contributed by atoms with Crippen LogP contribution in [0.4, 0.5) is 5.82 Å². The van der Waals surface area contributed by atoms with Crippen LogP contribution in [0, 0.1) is 17.8 Å². The number of nitrogen functional groups attached to an aromatic ring is 1. The molecule has 1 saturated carbocycles. The van der Waals surface area contributed by atoms with Gasteiger partial charge in [0.05, 0.1) is 23.0 Å². The zero-order valence-electron chi connectivity index (χ0n) is 20.3. The fourth-order valence-electron chi connectivity index (χ4n) is 6.15. The summed E-state index contributed by atoms with van der Waals surface area (Å²) in [4.78, 5) is 13.4. The number of aliphatic hydroxyl groups is 2. The lowest BCUT2D eigenvalue weighted by molar-refractivity contribution is 0.00545. The number of fused-ring (bicyclic) bond motifs is 3. The van der Waals surface area contributed by atoms with Gasteiger partial charge >= 0.3 is 0 Å². The summed E-state index contributed by atoms with van der Waals surface area (Å²) in [5.74, 6) is 1.79. The standard InChI is InChI=1S/C28H33N5O2/c1-15(2)19-11-20-10-17-5-3-16(9-22(17)32-23(20)12-19)4-6-18-13-24(26(35)25(18)34)33-8-7-21-27(29)30-14-31-28(21)33/h3,5,7-10,14-15,18-19,24-26,34-35H,4,6,11-13H2,1-2H3,(H2,29,30,31)/t18-,19+,24+,25+,26-/m0/s1. The fourth-order valence-corrected chi connectivity index (χ4v) is 6.15. The first-order valence-electron chi connectivity index (χ1n) is 12.7. The molecule has 182 valence electrons. The molecule has 5 atom stereocenters. The summed E-state index contributed by atoms with van der Waals surface area (Å²) in [7, 11) is 0. The molecule has 1 aromatic carbocycles. The molecule has 0 radical (unpaired) electrons. The third-order valence-electron chi connectivity index (χ3n) is 8.40. The van der Waals surface area contributed by atoms with Crippen LogP contribution in [0.2, 0.25) is 0 Å². The van der Waals surface area contributed by atoms with Crippen LogP contribution in [0.25, 0.3) is 21.9 Å². The normalized spacial score (nSPS) is 26.3. The van der Waals surface area contributed by atoms with Crippen molar-refractivity contribution in [1.29, 1.82) is 0 Å². The van der Waals surface area contributed by atoms with Crippen LogP contribution < -0.4 is 5.73 Å². The molecule has 0 amide bonds. The van der Waals surface area contributed by atoms with Crippen LogP contribution in [0.1, 0.15) is 49.6 Å². The predicted molar refractivity (Wildman–Crippen MR) is 137 cm³/mol. The SMILES string of the molecule is CC(C)[C@@H]1Cc2cc3ccc(CC[C@H]4C[C@@H](n5ccc6c(N)ncnc65)[C@H](O)[C@@H]4O)cc3nc2C1. The quantitative estimate of drug-likeness (QED) is 0.408. The van der Waals surface area contributed by atoms with Gasteiger partial charge in [-0.15, -0.1) is 0 Å². The van der Waals surface area contributed by atoms with Crippen molar-refractivity contribution in [2.24, 2.45) is 17.8 Å². The Kier molecular flexibility index (Phi) is 5.49. The van der Waals surface area contributed by atoms with Crippen molar-refractivity contribution in [3.8, 4) is 0 Å². The second kappa shape index (κ2) is 8.57. The fraction of sp³-hybridized carbons (Fsp3) is 0.464. The van der Waals surface area contributed by atoms with E-state index in [0.29, 0.717) is 29.7 Å². The van der Waals surface area contributed by atoms with Crippen LogP contribution in [0.3, 0.4) is 0 Å². The Bertz CT molecular complexity index is 1400. The number of aromatic nitrogens is 4. The molecule has 0 bridgehead atoms. The molecule has 4 aromatic rings. The van der Waals surface area contributed by atoms with Crippen molar-refractivity contribution in [2.45, 2.75) is 64.2 Å². The number of hydrogen-bond acceptors (Lipinski definition) is 6. The zero-order valence-corrected chi connectivity index (χ0v) is 20.3. The summed E-state index contributed by atoms with van der Waals surface area (Å²) >= 11 is 0. The third kappa shape index (κ3) is 3.87. The number of benzene rings is 1. The Hall–Kier alpha value is -3.03. The van der Waals surface area contributed by atoms with Crippen molar-refractivity contribution < 1.29 is 10.2 Å². The Balaban J connectivity index is 1.18. The maximum Gasteiger partial charge on any atom is 0.145 e. The lowest BCUT2D eigenvalue weighted by Crippen LogP contribution is -2.29. The molecule has 0 saturated heterocycles. The minimum absolute atomic E-state index is 0.00195. The van der Waals surface area contributed by atoms with E-state index in [1.165, 1.54) is 28.5 Å². The van der Waals surface area contributed by atoms with Crippen LogP contribution in [-0.4, -0.2) is 41.9 Å². The Morgan fingerprint density at radius 1 is 1.09 bits per heavy atom. The lowest BCUT2D eigenvalue weighted by Gasteiger charge is -2.19. The number of nitrogens with two attached hydrogens (primary N) is 1. The number of aryl methyl sites for hydroxylation is 1. The van der Waals surface area contributed by atoms with Crippen LogP contribution in [0.15, 0.2) is 42.9 Å². The van der Waals surface area contributed by atoms with Gasteiger partial charge in [-0.05, 0) is 79.2 Å². The molecule has 3 heterocycles. The molecule has 3 aromatic heterocycles. The molecule has 1 fully saturated rings. The molecule has 0 spiro atoms. The first-order valence-corrected chi connectivity index (χ1v) is 12.7. The van der Waals surface area contributed by atoms with Gasteiger partial charge in [0.25, 0.3) is 0 Å². The van der Waals surface area contributed by atoms with Gasteiger partial charge in [0.1, 0.15) is 23.9 Å². The van der Waals surface area contributed by atoms with Crippen molar-refractivity contribution in [1.82, 2.24) is 19.5 Å². The summed E-state index contributed by atoms with van der Waals surface area (Å²) in [5, 5.41) is 23.7. The van der Waals surface area contributed by atoms with Gasteiger partial charge in [-0.1, -0.05) is 26.0 Å². The number of pyridine rings is 1. The van der Waals surface area contributed by atoms with E-state index in [-0.39, 0.29) is 12.0 Å². The maximum atomic E-state index is 10.9. The highest BCUT2D eigenvalue weighted by molar-refractivity contribution is 5.86. The average Bonchev–Trinajstić information content (AvgIpc) is 3.53. The van der Waals surface area contributed by atoms with Gasteiger partial charge in [0.15, 0.2) is 0 Å². The van der Waals surface area contributed by atoms with E-state index >= 15 is 0 Å². The minimum atomic E-state index is -0.846. The molecular formula is C28H33N5O2. The van der Waals surface area contributed by atoms with Gasteiger partial charge in [-0.25, -0.2) is 9.97 Å². The van der Waals surface area contributed by atoms with Gasteiger partial charge in [-0.2, -0.15) is 0 Å². The van der Waals surface area contributed by atoms with E-state index in [1.54, 1.807) is 0 Å². The molecule has 7 nitrogen and oxygen atoms in total. The Labute approximate surface area is 205 Å². The highest BCUT2D eigenvalue weighted by Crippen LogP contribution is 2.40. The molecule has 2 aliphatic rings. The first-order chi connectivity index (χ1) is 16.9. The van der Waals surface area contributed by atoms with E-state index in [9.17, 15) is 10.2 Å². The van der Waals surface area contributed by atoms with E-state index in [4.69, 9.17) is 10.7 Å². The lowest BCUT2D eigenvalue weighted by atomic mass is 9.93.